The van der Waals surface area contributed by atoms with Crippen LogP contribution in [0.15, 0.2) is 48.5 Å². The largest absolute Gasteiger partial charge is 0.378 e. The van der Waals surface area contributed by atoms with Crippen molar-refractivity contribution in [3.8, 4) is 0 Å². The molecule has 2 rings (SSSR count). The van der Waals surface area contributed by atoms with Crippen molar-refractivity contribution in [1.82, 2.24) is 0 Å². The second-order valence-corrected chi connectivity index (χ2v) is 6.93. The van der Waals surface area contributed by atoms with Gasteiger partial charge in [0.05, 0.1) is 11.9 Å². The van der Waals surface area contributed by atoms with Crippen molar-refractivity contribution >= 4 is 21.4 Å². The van der Waals surface area contributed by atoms with E-state index in [2.05, 4.69) is 29.1 Å². The molecule has 0 fully saturated rings. The van der Waals surface area contributed by atoms with E-state index in [0.717, 1.165) is 17.5 Å². The molecule has 2 N–H and O–H groups in total. The van der Waals surface area contributed by atoms with Crippen LogP contribution in [0.25, 0.3) is 0 Å². The Balaban J connectivity index is 2.19. The van der Waals surface area contributed by atoms with Crippen molar-refractivity contribution in [1.29, 1.82) is 0 Å². The zero-order valence-electron chi connectivity index (χ0n) is 12.4. The van der Waals surface area contributed by atoms with E-state index in [9.17, 15) is 8.42 Å². The number of nitrogens with one attached hydrogen (secondary N) is 2. The van der Waals surface area contributed by atoms with Gasteiger partial charge in [-0.1, -0.05) is 36.4 Å². The molecule has 1 atom stereocenters. The Labute approximate surface area is 126 Å². The van der Waals surface area contributed by atoms with Crippen LogP contribution in [-0.2, 0) is 10.0 Å². The van der Waals surface area contributed by atoms with E-state index in [1.54, 1.807) is 0 Å². The molecule has 4 nitrogen and oxygen atoms in total. The standard InChI is InChI=1S/C16H20N2O2S/c1-12-9-10-15(11-16(12)18-21(3,19)20)17-13(2)14-7-5-4-6-8-14/h4-11,13,17-18H,1-3H3/t13-/m0/s1. The molecule has 0 aromatic heterocycles. The Morgan fingerprint density at radius 3 is 2.33 bits per heavy atom. The first kappa shape index (κ1) is 15.4. The van der Waals surface area contributed by atoms with Gasteiger partial charge in [-0.3, -0.25) is 4.72 Å². The van der Waals surface area contributed by atoms with E-state index in [4.69, 9.17) is 0 Å². The van der Waals surface area contributed by atoms with E-state index in [0.29, 0.717) is 5.69 Å². The van der Waals surface area contributed by atoms with Crippen LogP contribution in [0.5, 0.6) is 0 Å². The molecule has 0 heterocycles. The number of hydrogen-bond donors (Lipinski definition) is 2. The lowest BCUT2D eigenvalue weighted by atomic mass is 10.1. The van der Waals surface area contributed by atoms with E-state index < -0.39 is 10.0 Å². The van der Waals surface area contributed by atoms with Gasteiger partial charge >= 0.3 is 0 Å². The van der Waals surface area contributed by atoms with E-state index >= 15 is 0 Å². The zero-order valence-corrected chi connectivity index (χ0v) is 13.2. The van der Waals surface area contributed by atoms with Crippen molar-refractivity contribution in [3.63, 3.8) is 0 Å². The molecule has 0 aliphatic carbocycles. The lowest BCUT2D eigenvalue weighted by Gasteiger charge is -2.17. The number of sulfonamides is 1. The molecule has 5 heteroatoms. The summed E-state index contributed by atoms with van der Waals surface area (Å²) in [5.74, 6) is 0. The molecule has 0 saturated carbocycles. The summed E-state index contributed by atoms with van der Waals surface area (Å²) < 4.78 is 25.3. The van der Waals surface area contributed by atoms with Gasteiger partial charge in [-0.05, 0) is 37.1 Å². The fraction of sp³-hybridized carbons (Fsp3) is 0.250. The first-order chi connectivity index (χ1) is 9.85. The summed E-state index contributed by atoms with van der Waals surface area (Å²) in [5.41, 5.74) is 3.54. The molecule has 0 amide bonds. The summed E-state index contributed by atoms with van der Waals surface area (Å²) in [6, 6.07) is 15.9. The highest BCUT2D eigenvalue weighted by molar-refractivity contribution is 7.92. The maximum Gasteiger partial charge on any atom is 0.229 e. The van der Waals surface area contributed by atoms with Gasteiger partial charge in [0, 0.05) is 11.7 Å². The van der Waals surface area contributed by atoms with Crippen LogP contribution >= 0.6 is 0 Å². The second-order valence-electron chi connectivity index (χ2n) is 5.18. The van der Waals surface area contributed by atoms with Crippen molar-refractivity contribution in [3.05, 3.63) is 59.7 Å². The molecule has 0 aliphatic heterocycles. The highest BCUT2D eigenvalue weighted by Gasteiger charge is 2.08. The molecular formula is C16H20N2O2S. The molecule has 0 spiro atoms. The topological polar surface area (TPSA) is 58.2 Å². The van der Waals surface area contributed by atoms with E-state index in [1.165, 1.54) is 5.56 Å². The SMILES string of the molecule is Cc1ccc(N[C@@H](C)c2ccccc2)cc1NS(C)(=O)=O. The third-order valence-electron chi connectivity index (χ3n) is 3.22. The summed E-state index contributed by atoms with van der Waals surface area (Å²) in [4.78, 5) is 0. The van der Waals surface area contributed by atoms with Crippen LogP contribution < -0.4 is 10.0 Å². The fourth-order valence-electron chi connectivity index (χ4n) is 2.10. The smallest absolute Gasteiger partial charge is 0.229 e. The maximum atomic E-state index is 11.4. The molecule has 21 heavy (non-hydrogen) atoms. The minimum atomic E-state index is -3.27. The third-order valence-corrected chi connectivity index (χ3v) is 3.81. The average molecular weight is 304 g/mol. The summed E-state index contributed by atoms with van der Waals surface area (Å²) >= 11 is 0. The van der Waals surface area contributed by atoms with Crippen molar-refractivity contribution in [2.45, 2.75) is 19.9 Å². The molecule has 0 aliphatic rings. The second kappa shape index (κ2) is 6.18. The lowest BCUT2D eigenvalue weighted by molar-refractivity contribution is 0.607. The normalized spacial score (nSPS) is 12.7. The number of rotatable bonds is 5. The monoisotopic (exact) mass is 304 g/mol. The number of anilines is 2. The van der Waals surface area contributed by atoms with Crippen LogP contribution in [0.2, 0.25) is 0 Å². The van der Waals surface area contributed by atoms with Crippen LogP contribution in [0.1, 0.15) is 24.1 Å². The van der Waals surface area contributed by atoms with E-state index in [1.807, 2.05) is 43.3 Å². The Kier molecular flexibility index (Phi) is 4.53. The number of aryl methyl sites for hydroxylation is 1. The minimum absolute atomic E-state index is 0.139. The predicted octanol–water partition coefficient (Wildman–Crippen LogP) is 3.54. The molecule has 0 saturated heterocycles. The molecule has 112 valence electrons. The summed E-state index contributed by atoms with van der Waals surface area (Å²) in [7, 11) is -3.27. The maximum absolute atomic E-state index is 11.4. The first-order valence-corrected chi connectivity index (χ1v) is 8.64. The van der Waals surface area contributed by atoms with Gasteiger partial charge in [-0.2, -0.15) is 0 Å². The fourth-order valence-corrected chi connectivity index (χ4v) is 2.72. The average Bonchev–Trinajstić information content (AvgIpc) is 2.42. The number of benzene rings is 2. The van der Waals surface area contributed by atoms with Gasteiger partial charge in [0.15, 0.2) is 0 Å². The molecule has 2 aromatic carbocycles. The Morgan fingerprint density at radius 2 is 1.71 bits per heavy atom. The van der Waals surface area contributed by atoms with E-state index in [-0.39, 0.29) is 6.04 Å². The van der Waals surface area contributed by atoms with Gasteiger partial charge in [0.2, 0.25) is 10.0 Å². The molecular weight excluding hydrogens is 284 g/mol. The lowest BCUT2D eigenvalue weighted by Crippen LogP contribution is -2.11. The van der Waals surface area contributed by atoms with Gasteiger partial charge in [0.25, 0.3) is 0 Å². The van der Waals surface area contributed by atoms with Crippen LogP contribution in [0.3, 0.4) is 0 Å². The van der Waals surface area contributed by atoms with Gasteiger partial charge < -0.3 is 5.32 Å². The van der Waals surface area contributed by atoms with Gasteiger partial charge in [-0.25, -0.2) is 8.42 Å². The summed E-state index contributed by atoms with van der Waals surface area (Å²) in [6.45, 7) is 3.94. The molecule has 0 radical (unpaired) electrons. The highest BCUT2D eigenvalue weighted by atomic mass is 32.2. The molecule has 0 unspecified atom stereocenters. The third kappa shape index (κ3) is 4.49. The Morgan fingerprint density at radius 1 is 1.05 bits per heavy atom. The van der Waals surface area contributed by atoms with Crippen molar-refractivity contribution in [2.24, 2.45) is 0 Å². The minimum Gasteiger partial charge on any atom is -0.378 e. The first-order valence-electron chi connectivity index (χ1n) is 6.75. The molecule has 2 aromatic rings. The summed E-state index contributed by atoms with van der Waals surface area (Å²) in [5, 5.41) is 3.38. The molecule has 0 bridgehead atoms. The van der Waals surface area contributed by atoms with Gasteiger partial charge in [-0.15, -0.1) is 0 Å². The van der Waals surface area contributed by atoms with Crippen molar-refractivity contribution < 1.29 is 8.42 Å². The predicted molar refractivity (Wildman–Crippen MR) is 88.1 cm³/mol. The quantitative estimate of drug-likeness (QED) is 0.888. The van der Waals surface area contributed by atoms with Crippen LogP contribution in [0.4, 0.5) is 11.4 Å². The van der Waals surface area contributed by atoms with Crippen molar-refractivity contribution in [2.75, 3.05) is 16.3 Å². The number of hydrogen-bond acceptors (Lipinski definition) is 3. The Bertz CT molecular complexity index is 712. The highest BCUT2D eigenvalue weighted by Crippen LogP contribution is 2.24. The Hall–Kier alpha value is -2.01. The van der Waals surface area contributed by atoms with Crippen LogP contribution in [0, 0.1) is 6.92 Å². The van der Waals surface area contributed by atoms with Gasteiger partial charge in [0.1, 0.15) is 0 Å². The van der Waals surface area contributed by atoms with Crippen LogP contribution in [-0.4, -0.2) is 14.7 Å². The zero-order chi connectivity index (χ0) is 15.5. The summed E-state index contributed by atoms with van der Waals surface area (Å²) in [6.07, 6.45) is 1.15.